The lowest BCUT2D eigenvalue weighted by Crippen LogP contribution is -2.31. The van der Waals surface area contributed by atoms with Gasteiger partial charge in [0.05, 0.1) is 35.4 Å². The summed E-state index contributed by atoms with van der Waals surface area (Å²) in [5.41, 5.74) is 6.99. The maximum absolute atomic E-state index is 10.5. The van der Waals surface area contributed by atoms with Crippen LogP contribution in [-0.2, 0) is 0 Å². The van der Waals surface area contributed by atoms with Crippen LogP contribution in [0, 0.1) is 5.41 Å². The summed E-state index contributed by atoms with van der Waals surface area (Å²) in [6, 6.07) is 11.4. The minimum absolute atomic E-state index is 0. The molecule has 2 aromatic carbocycles. The Bertz CT molecular complexity index is 723. The number of benzene rings is 2. The van der Waals surface area contributed by atoms with Crippen molar-refractivity contribution in [2.45, 2.75) is 19.1 Å². The van der Waals surface area contributed by atoms with E-state index in [1.165, 1.54) is 0 Å². The van der Waals surface area contributed by atoms with Gasteiger partial charge < -0.3 is 20.7 Å². The molecule has 4 nitrogen and oxygen atoms in total. The summed E-state index contributed by atoms with van der Waals surface area (Å²) < 4.78 is 5.67. The van der Waals surface area contributed by atoms with Gasteiger partial charge in [-0.05, 0) is 35.4 Å². The van der Waals surface area contributed by atoms with Crippen LogP contribution in [0.25, 0.3) is 0 Å². The molecule has 0 aliphatic heterocycles. The molecule has 1 unspecified atom stereocenters. The third-order valence-electron chi connectivity index (χ3n) is 4.18. The van der Waals surface area contributed by atoms with Crippen LogP contribution in [0.5, 0.6) is 5.75 Å². The van der Waals surface area contributed by atoms with Gasteiger partial charge in [-0.25, -0.2) is 0 Å². The molecule has 3 atom stereocenters. The fourth-order valence-electron chi connectivity index (χ4n) is 2.25. The van der Waals surface area contributed by atoms with Crippen molar-refractivity contribution in [1.82, 2.24) is 0 Å². The maximum atomic E-state index is 10.5. The molecular weight excluding hydrogens is 432 g/mol. The van der Waals surface area contributed by atoms with E-state index >= 15 is 0 Å². The first-order valence-corrected chi connectivity index (χ1v) is 9.37. The molecule has 0 saturated carbocycles. The monoisotopic (exact) mass is 453 g/mol. The summed E-state index contributed by atoms with van der Waals surface area (Å²) in [6.45, 7) is 2.07. The van der Waals surface area contributed by atoms with Crippen molar-refractivity contribution in [1.29, 1.82) is 0 Å². The number of hydrogen-bond donors (Lipinski definition) is 3. The second-order valence-electron chi connectivity index (χ2n) is 6.60. The molecule has 0 aliphatic rings. The van der Waals surface area contributed by atoms with E-state index in [4.69, 9.17) is 45.3 Å². The zero-order chi connectivity index (χ0) is 19.3. The second kappa shape index (κ2) is 10.7. The Labute approximate surface area is 180 Å². The van der Waals surface area contributed by atoms with Gasteiger partial charge >= 0.3 is 0 Å². The highest BCUT2D eigenvalue weighted by Gasteiger charge is 2.24. The van der Waals surface area contributed by atoms with Crippen molar-refractivity contribution >= 4 is 47.2 Å². The predicted molar refractivity (Wildman–Crippen MR) is 113 cm³/mol. The standard InChI is InChI=1S/C19H22Cl3NO3.ClH/c1-19(9-20,10-24)11-26-14-5-2-12(3-6-14)18(25)17(23)13-4-7-15(21)16(22)8-13;/h2-8,17-18,24-25H,9-11,23H2,1H3;1H/t17-,18+,19?;/m0./s1. The Hall–Kier alpha value is -0.720. The van der Waals surface area contributed by atoms with Crippen LogP contribution in [0.1, 0.15) is 30.2 Å². The number of aliphatic hydroxyl groups excluding tert-OH is 2. The average Bonchev–Trinajstić information content (AvgIpc) is 2.67. The number of nitrogens with two attached hydrogens (primary N) is 1. The van der Waals surface area contributed by atoms with Gasteiger partial charge in [0.2, 0.25) is 0 Å². The largest absolute Gasteiger partial charge is 0.493 e. The van der Waals surface area contributed by atoms with E-state index in [1.54, 1.807) is 42.5 Å². The molecule has 2 aromatic rings. The first kappa shape index (κ1) is 24.3. The van der Waals surface area contributed by atoms with Gasteiger partial charge in [-0.3, -0.25) is 0 Å². The van der Waals surface area contributed by atoms with Gasteiger partial charge in [0.15, 0.2) is 0 Å². The SMILES string of the molecule is CC(CO)(CCl)COc1ccc([C@@H](O)[C@@H](N)c2ccc(Cl)c(Cl)c2)cc1.Cl. The van der Waals surface area contributed by atoms with Gasteiger partial charge in [0.1, 0.15) is 5.75 Å². The third kappa shape index (κ3) is 6.40. The number of halogens is 4. The van der Waals surface area contributed by atoms with Crippen molar-refractivity contribution in [2.75, 3.05) is 19.1 Å². The van der Waals surface area contributed by atoms with Crippen LogP contribution in [0.4, 0.5) is 0 Å². The normalized spacial score (nSPS) is 15.4. The number of ether oxygens (including phenoxy) is 1. The first-order valence-electron chi connectivity index (χ1n) is 8.08. The average molecular weight is 455 g/mol. The van der Waals surface area contributed by atoms with Crippen LogP contribution in [0.2, 0.25) is 10.0 Å². The van der Waals surface area contributed by atoms with E-state index in [0.717, 1.165) is 0 Å². The van der Waals surface area contributed by atoms with E-state index in [9.17, 15) is 10.2 Å². The van der Waals surface area contributed by atoms with Crippen LogP contribution in [0.3, 0.4) is 0 Å². The lowest BCUT2D eigenvalue weighted by Gasteiger charge is -2.24. The molecule has 4 N–H and O–H groups in total. The van der Waals surface area contributed by atoms with Gasteiger partial charge in [0.25, 0.3) is 0 Å². The molecule has 0 saturated heterocycles. The number of aliphatic hydroxyl groups is 2. The van der Waals surface area contributed by atoms with E-state index in [0.29, 0.717) is 32.8 Å². The van der Waals surface area contributed by atoms with Crippen molar-refractivity contribution in [3.63, 3.8) is 0 Å². The van der Waals surface area contributed by atoms with E-state index in [2.05, 4.69) is 0 Å². The molecule has 0 aromatic heterocycles. The van der Waals surface area contributed by atoms with Crippen molar-refractivity contribution in [3.05, 3.63) is 63.6 Å². The molecule has 8 heteroatoms. The zero-order valence-corrected chi connectivity index (χ0v) is 17.8. The molecular formula is C19H23Cl4NO3. The van der Waals surface area contributed by atoms with E-state index in [1.807, 2.05) is 6.92 Å². The molecule has 150 valence electrons. The minimum Gasteiger partial charge on any atom is -0.493 e. The summed E-state index contributed by atoms with van der Waals surface area (Å²) in [4.78, 5) is 0. The van der Waals surface area contributed by atoms with Crippen LogP contribution in [-0.4, -0.2) is 29.3 Å². The smallest absolute Gasteiger partial charge is 0.119 e. The Balaban J connectivity index is 0.00000364. The van der Waals surface area contributed by atoms with Crippen molar-refractivity contribution in [3.8, 4) is 5.75 Å². The zero-order valence-electron chi connectivity index (χ0n) is 14.7. The molecule has 0 amide bonds. The quantitative estimate of drug-likeness (QED) is 0.502. The summed E-state index contributed by atoms with van der Waals surface area (Å²) in [5, 5.41) is 20.7. The molecule has 0 bridgehead atoms. The fourth-order valence-corrected chi connectivity index (χ4v) is 2.72. The Morgan fingerprint density at radius 3 is 2.19 bits per heavy atom. The third-order valence-corrected chi connectivity index (χ3v) is 5.57. The Kier molecular flexibility index (Phi) is 9.66. The lowest BCUT2D eigenvalue weighted by molar-refractivity contribution is 0.100. The number of rotatable bonds is 8. The van der Waals surface area contributed by atoms with Crippen LogP contribution in [0.15, 0.2) is 42.5 Å². The van der Waals surface area contributed by atoms with Gasteiger partial charge in [0, 0.05) is 11.3 Å². The lowest BCUT2D eigenvalue weighted by atomic mass is 9.96. The molecule has 27 heavy (non-hydrogen) atoms. The molecule has 0 heterocycles. The maximum Gasteiger partial charge on any atom is 0.119 e. The highest BCUT2D eigenvalue weighted by atomic mass is 35.5. The highest BCUT2D eigenvalue weighted by Crippen LogP contribution is 2.31. The first-order chi connectivity index (χ1) is 12.3. The molecule has 0 fully saturated rings. The Morgan fingerprint density at radius 1 is 1.07 bits per heavy atom. The summed E-state index contributed by atoms with van der Waals surface area (Å²) in [5.74, 6) is 0.910. The molecule has 0 spiro atoms. The van der Waals surface area contributed by atoms with Crippen LogP contribution < -0.4 is 10.5 Å². The Morgan fingerprint density at radius 2 is 1.67 bits per heavy atom. The summed E-state index contributed by atoms with van der Waals surface area (Å²) >= 11 is 17.8. The van der Waals surface area contributed by atoms with Gasteiger partial charge in [-0.2, -0.15) is 0 Å². The predicted octanol–water partition coefficient (Wildman–Crippen LogP) is 4.76. The molecule has 2 rings (SSSR count). The van der Waals surface area contributed by atoms with Crippen molar-refractivity contribution in [2.24, 2.45) is 11.1 Å². The summed E-state index contributed by atoms with van der Waals surface area (Å²) in [6.07, 6.45) is -0.910. The van der Waals surface area contributed by atoms with Gasteiger partial charge in [-0.15, -0.1) is 24.0 Å². The van der Waals surface area contributed by atoms with E-state index in [-0.39, 0.29) is 25.6 Å². The molecule has 0 radical (unpaired) electrons. The van der Waals surface area contributed by atoms with Crippen molar-refractivity contribution < 1.29 is 14.9 Å². The number of hydrogen-bond acceptors (Lipinski definition) is 4. The minimum atomic E-state index is -0.910. The van der Waals surface area contributed by atoms with Crippen LogP contribution >= 0.6 is 47.2 Å². The summed E-state index contributed by atoms with van der Waals surface area (Å²) in [7, 11) is 0. The van der Waals surface area contributed by atoms with Gasteiger partial charge in [-0.1, -0.05) is 48.3 Å². The van der Waals surface area contributed by atoms with E-state index < -0.39 is 17.6 Å². The number of alkyl halides is 1. The second-order valence-corrected chi connectivity index (χ2v) is 7.69. The highest BCUT2D eigenvalue weighted by molar-refractivity contribution is 6.42. The topological polar surface area (TPSA) is 75.7 Å². The molecule has 0 aliphatic carbocycles. The fraction of sp³-hybridized carbons (Fsp3) is 0.368.